The zero-order valence-corrected chi connectivity index (χ0v) is 8.95. The van der Waals surface area contributed by atoms with E-state index in [1.54, 1.807) is 12.1 Å². The molecule has 0 saturated heterocycles. The lowest BCUT2D eigenvalue weighted by Gasteiger charge is -2.01. The van der Waals surface area contributed by atoms with Crippen molar-refractivity contribution >= 4 is 11.6 Å². The summed E-state index contributed by atoms with van der Waals surface area (Å²) in [6.07, 6.45) is 0. The van der Waals surface area contributed by atoms with Crippen LogP contribution in [0.1, 0.15) is 29.8 Å². The fraction of sp³-hybridized carbons (Fsp3) is 0.273. The second-order valence-corrected chi connectivity index (χ2v) is 3.40. The first-order chi connectivity index (χ1) is 7.13. The Morgan fingerprint density at radius 2 is 1.93 bits per heavy atom. The molecule has 0 aromatic heterocycles. The summed E-state index contributed by atoms with van der Waals surface area (Å²) in [5, 5.41) is 3.84. The first-order valence-corrected chi connectivity index (χ1v) is 4.73. The molecule has 0 bridgehead atoms. The average Bonchev–Trinajstić information content (AvgIpc) is 2.26. The summed E-state index contributed by atoms with van der Waals surface area (Å²) in [5.74, 6) is -0.209. The van der Waals surface area contributed by atoms with E-state index in [1.165, 1.54) is 0 Å². The van der Waals surface area contributed by atoms with Gasteiger partial charge in [0.1, 0.15) is 0 Å². The van der Waals surface area contributed by atoms with Crippen LogP contribution in [0.25, 0.3) is 0 Å². The van der Waals surface area contributed by atoms with Crippen LogP contribution in [0.3, 0.4) is 0 Å². The smallest absolute Gasteiger partial charge is 0.271 e. The van der Waals surface area contributed by atoms with Crippen molar-refractivity contribution in [2.75, 3.05) is 0 Å². The summed E-state index contributed by atoms with van der Waals surface area (Å²) in [6, 6.07) is 7.13. The lowest BCUT2D eigenvalue weighted by molar-refractivity contribution is 0.0954. The Hall–Kier alpha value is -1.68. The minimum atomic E-state index is -0.209. The minimum absolute atomic E-state index is 0.209. The van der Waals surface area contributed by atoms with Crippen molar-refractivity contribution in [3.8, 4) is 0 Å². The fourth-order valence-electron chi connectivity index (χ4n) is 1.02. The molecule has 0 aliphatic carbocycles. The maximum atomic E-state index is 11.5. The van der Waals surface area contributed by atoms with Gasteiger partial charge in [0.25, 0.3) is 5.91 Å². The lowest BCUT2D eigenvalue weighted by Crippen LogP contribution is -2.18. The topological polar surface area (TPSA) is 67.5 Å². The maximum Gasteiger partial charge on any atom is 0.271 e. The molecule has 4 heteroatoms. The zero-order chi connectivity index (χ0) is 11.3. The van der Waals surface area contributed by atoms with Crippen LogP contribution in [0, 0.1) is 0 Å². The third-order valence-electron chi connectivity index (χ3n) is 1.83. The molecule has 0 aliphatic rings. The van der Waals surface area contributed by atoms with E-state index >= 15 is 0 Å². The molecule has 80 valence electrons. The molecule has 1 aromatic rings. The number of benzene rings is 1. The highest BCUT2D eigenvalue weighted by atomic mass is 16.2. The van der Waals surface area contributed by atoms with E-state index in [9.17, 15) is 4.79 Å². The lowest BCUT2D eigenvalue weighted by atomic mass is 10.1. The number of carbonyl (C=O) groups excluding carboxylic acids is 1. The molecular formula is C11H15N3O. The van der Waals surface area contributed by atoms with Gasteiger partial charge < -0.3 is 5.73 Å². The van der Waals surface area contributed by atoms with Gasteiger partial charge in [-0.1, -0.05) is 12.1 Å². The highest BCUT2D eigenvalue weighted by Gasteiger charge is 2.03. The normalized spacial score (nSPS) is 9.53. The fourth-order valence-corrected chi connectivity index (χ4v) is 1.02. The summed E-state index contributed by atoms with van der Waals surface area (Å²) in [4.78, 5) is 11.5. The van der Waals surface area contributed by atoms with Gasteiger partial charge in [-0.05, 0) is 31.5 Å². The monoisotopic (exact) mass is 205 g/mol. The Morgan fingerprint density at radius 1 is 1.33 bits per heavy atom. The van der Waals surface area contributed by atoms with Crippen molar-refractivity contribution in [3.63, 3.8) is 0 Å². The first kappa shape index (κ1) is 11.4. The van der Waals surface area contributed by atoms with Crippen LogP contribution in [0.5, 0.6) is 0 Å². The summed E-state index contributed by atoms with van der Waals surface area (Å²) < 4.78 is 0. The molecule has 0 saturated carbocycles. The van der Waals surface area contributed by atoms with Gasteiger partial charge in [0.2, 0.25) is 0 Å². The van der Waals surface area contributed by atoms with Crippen molar-refractivity contribution in [2.45, 2.75) is 20.4 Å². The van der Waals surface area contributed by atoms with E-state index in [2.05, 4.69) is 10.5 Å². The van der Waals surface area contributed by atoms with Gasteiger partial charge in [-0.2, -0.15) is 5.10 Å². The Labute approximate surface area is 89.2 Å². The van der Waals surface area contributed by atoms with Crippen LogP contribution in [-0.4, -0.2) is 11.6 Å². The Balaban J connectivity index is 2.70. The van der Waals surface area contributed by atoms with Crippen LogP contribution < -0.4 is 11.2 Å². The molecular weight excluding hydrogens is 190 g/mol. The van der Waals surface area contributed by atoms with Crippen LogP contribution in [0.15, 0.2) is 29.4 Å². The molecule has 0 radical (unpaired) electrons. The summed E-state index contributed by atoms with van der Waals surface area (Å²) in [6.45, 7) is 4.11. The molecule has 15 heavy (non-hydrogen) atoms. The molecule has 1 amide bonds. The number of nitrogens with one attached hydrogen (secondary N) is 1. The van der Waals surface area contributed by atoms with E-state index in [4.69, 9.17) is 5.73 Å². The van der Waals surface area contributed by atoms with Gasteiger partial charge in [0, 0.05) is 17.8 Å². The van der Waals surface area contributed by atoms with Crippen molar-refractivity contribution in [3.05, 3.63) is 35.4 Å². The molecule has 4 nitrogen and oxygen atoms in total. The second kappa shape index (κ2) is 5.26. The first-order valence-electron chi connectivity index (χ1n) is 4.73. The minimum Gasteiger partial charge on any atom is -0.326 e. The average molecular weight is 205 g/mol. The van der Waals surface area contributed by atoms with Crippen molar-refractivity contribution in [1.82, 2.24) is 5.43 Å². The predicted octanol–water partition coefficient (Wildman–Crippen LogP) is 1.27. The molecule has 0 spiro atoms. The van der Waals surface area contributed by atoms with Crippen LogP contribution >= 0.6 is 0 Å². The van der Waals surface area contributed by atoms with Gasteiger partial charge >= 0.3 is 0 Å². The third-order valence-corrected chi connectivity index (χ3v) is 1.83. The van der Waals surface area contributed by atoms with Crippen LogP contribution in [0.4, 0.5) is 0 Å². The van der Waals surface area contributed by atoms with Crippen LogP contribution in [0.2, 0.25) is 0 Å². The molecule has 0 unspecified atom stereocenters. The number of amides is 1. The SMILES string of the molecule is CC(C)=NNC(=O)c1ccc(CN)cc1. The Morgan fingerprint density at radius 3 is 2.40 bits per heavy atom. The Bertz CT molecular complexity index is 364. The number of rotatable bonds is 3. The van der Waals surface area contributed by atoms with E-state index in [1.807, 2.05) is 26.0 Å². The number of hydrogen-bond acceptors (Lipinski definition) is 3. The van der Waals surface area contributed by atoms with Gasteiger partial charge in [0.05, 0.1) is 0 Å². The maximum absolute atomic E-state index is 11.5. The van der Waals surface area contributed by atoms with E-state index in [0.717, 1.165) is 11.3 Å². The van der Waals surface area contributed by atoms with Gasteiger partial charge in [-0.25, -0.2) is 5.43 Å². The van der Waals surface area contributed by atoms with E-state index in [0.29, 0.717) is 12.1 Å². The van der Waals surface area contributed by atoms with Crippen molar-refractivity contribution in [1.29, 1.82) is 0 Å². The summed E-state index contributed by atoms with van der Waals surface area (Å²) in [5.41, 5.74) is 10.3. The third kappa shape index (κ3) is 3.52. The van der Waals surface area contributed by atoms with Crippen molar-refractivity contribution < 1.29 is 4.79 Å². The molecule has 1 rings (SSSR count). The van der Waals surface area contributed by atoms with Gasteiger partial charge in [0.15, 0.2) is 0 Å². The van der Waals surface area contributed by atoms with Gasteiger partial charge in [-0.3, -0.25) is 4.79 Å². The van der Waals surface area contributed by atoms with Crippen LogP contribution in [-0.2, 0) is 6.54 Å². The summed E-state index contributed by atoms with van der Waals surface area (Å²) in [7, 11) is 0. The number of hydrazone groups is 1. The van der Waals surface area contributed by atoms with Gasteiger partial charge in [-0.15, -0.1) is 0 Å². The number of hydrogen-bond donors (Lipinski definition) is 2. The number of carbonyl (C=O) groups is 1. The second-order valence-electron chi connectivity index (χ2n) is 3.40. The molecule has 0 atom stereocenters. The molecule has 0 heterocycles. The Kier molecular flexibility index (Phi) is 4.00. The molecule has 3 N–H and O–H groups in total. The quantitative estimate of drug-likeness (QED) is 0.576. The highest BCUT2D eigenvalue weighted by Crippen LogP contribution is 2.03. The van der Waals surface area contributed by atoms with Crippen molar-refractivity contribution in [2.24, 2.45) is 10.8 Å². The number of nitrogens with zero attached hydrogens (tertiary/aromatic N) is 1. The summed E-state index contributed by atoms with van der Waals surface area (Å²) >= 11 is 0. The molecule has 1 aromatic carbocycles. The number of nitrogens with two attached hydrogens (primary N) is 1. The van der Waals surface area contributed by atoms with E-state index in [-0.39, 0.29) is 5.91 Å². The molecule has 0 fully saturated rings. The standard InChI is InChI=1S/C11H15N3O/c1-8(2)13-14-11(15)10-5-3-9(7-12)4-6-10/h3-6H,7,12H2,1-2H3,(H,14,15). The largest absolute Gasteiger partial charge is 0.326 e. The van der Waals surface area contributed by atoms with E-state index < -0.39 is 0 Å². The zero-order valence-electron chi connectivity index (χ0n) is 8.95. The highest BCUT2D eigenvalue weighted by molar-refractivity contribution is 5.95. The molecule has 0 aliphatic heterocycles. The predicted molar refractivity (Wildman–Crippen MR) is 60.6 cm³/mol.